The molecule has 0 amide bonds. The van der Waals surface area contributed by atoms with Crippen LogP contribution in [-0.4, -0.2) is 25.6 Å². The molecule has 1 heterocycles. The normalized spacial score (nSPS) is 25.6. The van der Waals surface area contributed by atoms with Gasteiger partial charge in [-0.05, 0) is 13.3 Å². The van der Waals surface area contributed by atoms with Gasteiger partial charge in [-0.1, -0.05) is 0 Å². The SMILES string of the molecule is CCN=C(NN)C1CCOC1. The third kappa shape index (κ3) is 2.17. The van der Waals surface area contributed by atoms with Crippen LogP contribution in [0.5, 0.6) is 0 Å². The summed E-state index contributed by atoms with van der Waals surface area (Å²) in [6.07, 6.45) is 1.03. The fraction of sp³-hybridized carbons (Fsp3) is 0.857. The molecule has 1 unspecified atom stereocenters. The minimum atomic E-state index is 0.389. The first-order chi connectivity index (χ1) is 5.38. The van der Waals surface area contributed by atoms with Crippen LogP contribution in [0.25, 0.3) is 0 Å². The monoisotopic (exact) mass is 157 g/mol. The van der Waals surface area contributed by atoms with Gasteiger partial charge in [0, 0.05) is 19.1 Å². The van der Waals surface area contributed by atoms with Crippen molar-refractivity contribution in [2.45, 2.75) is 13.3 Å². The highest BCUT2D eigenvalue weighted by molar-refractivity contribution is 5.84. The lowest BCUT2D eigenvalue weighted by atomic mass is 10.1. The first-order valence-corrected chi connectivity index (χ1v) is 3.97. The van der Waals surface area contributed by atoms with Crippen LogP contribution < -0.4 is 11.3 Å². The Balaban J connectivity index is 2.46. The number of aliphatic imine (C=N–C) groups is 1. The number of rotatable bonds is 2. The summed E-state index contributed by atoms with van der Waals surface area (Å²) in [7, 11) is 0. The average molecular weight is 157 g/mol. The van der Waals surface area contributed by atoms with Crippen LogP contribution in [0.15, 0.2) is 4.99 Å². The maximum atomic E-state index is 5.30. The molecule has 0 aromatic heterocycles. The average Bonchev–Trinajstić information content (AvgIpc) is 2.52. The number of nitrogens with zero attached hydrogens (tertiary/aromatic N) is 1. The Hall–Kier alpha value is -0.610. The zero-order valence-electron chi connectivity index (χ0n) is 6.84. The van der Waals surface area contributed by atoms with Crippen LogP contribution in [0.3, 0.4) is 0 Å². The summed E-state index contributed by atoms with van der Waals surface area (Å²) in [6, 6.07) is 0. The molecule has 1 saturated heterocycles. The second-order valence-corrected chi connectivity index (χ2v) is 2.56. The van der Waals surface area contributed by atoms with E-state index >= 15 is 0 Å². The highest BCUT2D eigenvalue weighted by atomic mass is 16.5. The van der Waals surface area contributed by atoms with E-state index in [1.54, 1.807) is 0 Å². The predicted molar refractivity (Wildman–Crippen MR) is 44.2 cm³/mol. The zero-order valence-corrected chi connectivity index (χ0v) is 6.84. The van der Waals surface area contributed by atoms with E-state index in [9.17, 15) is 0 Å². The van der Waals surface area contributed by atoms with E-state index in [0.29, 0.717) is 5.92 Å². The van der Waals surface area contributed by atoms with Crippen molar-refractivity contribution in [3.05, 3.63) is 0 Å². The third-order valence-electron chi connectivity index (χ3n) is 1.79. The summed E-state index contributed by atoms with van der Waals surface area (Å²) in [5.41, 5.74) is 2.61. The molecule has 0 radical (unpaired) electrons. The second kappa shape index (κ2) is 4.31. The highest BCUT2D eigenvalue weighted by Crippen LogP contribution is 2.12. The van der Waals surface area contributed by atoms with Crippen LogP contribution in [0, 0.1) is 5.92 Å². The topological polar surface area (TPSA) is 59.6 Å². The molecule has 1 aliphatic rings. The summed E-state index contributed by atoms with van der Waals surface area (Å²) in [4.78, 5) is 4.23. The quantitative estimate of drug-likeness (QED) is 0.255. The number of hydrazine groups is 1. The molecule has 0 aromatic rings. The van der Waals surface area contributed by atoms with E-state index in [2.05, 4.69) is 10.4 Å². The van der Waals surface area contributed by atoms with Crippen molar-refractivity contribution in [1.82, 2.24) is 5.43 Å². The molecular formula is C7H15N3O. The minimum Gasteiger partial charge on any atom is -0.381 e. The highest BCUT2D eigenvalue weighted by Gasteiger charge is 2.20. The first-order valence-electron chi connectivity index (χ1n) is 3.97. The van der Waals surface area contributed by atoms with E-state index in [-0.39, 0.29) is 0 Å². The van der Waals surface area contributed by atoms with Gasteiger partial charge in [-0.3, -0.25) is 4.99 Å². The molecule has 1 atom stereocenters. The van der Waals surface area contributed by atoms with E-state index in [1.807, 2.05) is 6.92 Å². The van der Waals surface area contributed by atoms with Crippen molar-refractivity contribution < 1.29 is 4.74 Å². The molecule has 3 N–H and O–H groups in total. The standard InChI is InChI=1S/C7H15N3O/c1-2-9-7(10-8)6-3-4-11-5-6/h6H,2-5,8H2,1H3,(H,9,10). The van der Waals surface area contributed by atoms with Crippen LogP contribution in [0.4, 0.5) is 0 Å². The van der Waals surface area contributed by atoms with Gasteiger partial charge in [0.05, 0.1) is 6.61 Å². The van der Waals surface area contributed by atoms with Crippen molar-refractivity contribution in [3.8, 4) is 0 Å². The number of nitrogens with one attached hydrogen (secondary N) is 1. The van der Waals surface area contributed by atoms with E-state index in [4.69, 9.17) is 10.6 Å². The fourth-order valence-electron chi connectivity index (χ4n) is 1.21. The number of nitrogens with two attached hydrogens (primary N) is 1. The molecule has 0 saturated carbocycles. The van der Waals surface area contributed by atoms with Crippen LogP contribution in [0.2, 0.25) is 0 Å². The number of hydrogen-bond acceptors (Lipinski definition) is 3. The molecule has 1 fully saturated rings. The van der Waals surface area contributed by atoms with Gasteiger partial charge in [0.2, 0.25) is 0 Å². The lowest BCUT2D eigenvalue weighted by Gasteiger charge is -2.09. The Morgan fingerprint density at radius 2 is 2.64 bits per heavy atom. The maximum absolute atomic E-state index is 5.30. The Kier molecular flexibility index (Phi) is 3.32. The lowest BCUT2D eigenvalue weighted by Crippen LogP contribution is -2.36. The van der Waals surface area contributed by atoms with Crippen molar-refractivity contribution in [2.24, 2.45) is 16.8 Å². The summed E-state index contributed by atoms with van der Waals surface area (Å²) in [5.74, 6) is 6.57. The van der Waals surface area contributed by atoms with Crippen LogP contribution >= 0.6 is 0 Å². The second-order valence-electron chi connectivity index (χ2n) is 2.56. The van der Waals surface area contributed by atoms with Gasteiger partial charge in [-0.15, -0.1) is 0 Å². The van der Waals surface area contributed by atoms with Gasteiger partial charge < -0.3 is 10.2 Å². The van der Waals surface area contributed by atoms with Gasteiger partial charge in [-0.25, -0.2) is 5.84 Å². The predicted octanol–water partition coefficient (Wildman–Crippen LogP) is -0.0954. The molecule has 0 aromatic carbocycles. The summed E-state index contributed by atoms with van der Waals surface area (Å²) in [6.45, 7) is 4.35. The number of hydrogen-bond donors (Lipinski definition) is 2. The molecule has 4 nitrogen and oxygen atoms in total. The molecule has 11 heavy (non-hydrogen) atoms. The first kappa shape index (κ1) is 8.49. The number of ether oxygens (including phenoxy) is 1. The Bertz CT molecular complexity index is 141. The van der Waals surface area contributed by atoms with Gasteiger partial charge >= 0.3 is 0 Å². The summed E-state index contributed by atoms with van der Waals surface area (Å²) >= 11 is 0. The Morgan fingerprint density at radius 3 is 3.09 bits per heavy atom. The molecule has 0 aliphatic carbocycles. The molecule has 4 heteroatoms. The van der Waals surface area contributed by atoms with E-state index < -0.39 is 0 Å². The molecule has 1 rings (SSSR count). The fourth-order valence-corrected chi connectivity index (χ4v) is 1.21. The van der Waals surface area contributed by atoms with Crippen molar-refractivity contribution in [3.63, 3.8) is 0 Å². The minimum absolute atomic E-state index is 0.389. The largest absolute Gasteiger partial charge is 0.381 e. The summed E-state index contributed by atoms with van der Waals surface area (Å²) < 4.78 is 5.21. The van der Waals surface area contributed by atoms with Gasteiger partial charge in [0.25, 0.3) is 0 Å². The van der Waals surface area contributed by atoms with Gasteiger partial charge in [0.1, 0.15) is 5.84 Å². The molecule has 1 aliphatic heterocycles. The maximum Gasteiger partial charge on any atom is 0.116 e. The van der Waals surface area contributed by atoms with Gasteiger partial charge in [-0.2, -0.15) is 0 Å². The van der Waals surface area contributed by atoms with Crippen molar-refractivity contribution in [2.75, 3.05) is 19.8 Å². The Labute approximate surface area is 66.8 Å². The van der Waals surface area contributed by atoms with Crippen LogP contribution in [-0.2, 0) is 4.74 Å². The molecule has 0 bridgehead atoms. The zero-order chi connectivity index (χ0) is 8.10. The van der Waals surface area contributed by atoms with E-state index in [1.165, 1.54) is 0 Å². The van der Waals surface area contributed by atoms with Crippen molar-refractivity contribution in [1.29, 1.82) is 0 Å². The van der Waals surface area contributed by atoms with E-state index in [0.717, 1.165) is 32.0 Å². The molecular weight excluding hydrogens is 142 g/mol. The number of amidine groups is 1. The molecule has 0 spiro atoms. The molecule has 64 valence electrons. The third-order valence-corrected chi connectivity index (χ3v) is 1.79. The smallest absolute Gasteiger partial charge is 0.116 e. The van der Waals surface area contributed by atoms with Crippen molar-refractivity contribution >= 4 is 5.84 Å². The summed E-state index contributed by atoms with van der Waals surface area (Å²) in [5, 5.41) is 0. The van der Waals surface area contributed by atoms with Gasteiger partial charge in [0.15, 0.2) is 0 Å². The lowest BCUT2D eigenvalue weighted by molar-refractivity contribution is 0.192. The Morgan fingerprint density at radius 1 is 1.82 bits per heavy atom. The van der Waals surface area contributed by atoms with Crippen LogP contribution in [0.1, 0.15) is 13.3 Å².